The van der Waals surface area contributed by atoms with Crippen molar-refractivity contribution >= 4 is 5.91 Å². The zero-order valence-corrected chi connectivity index (χ0v) is 14.6. The van der Waals surface area contributed by atoms with E-state index in [0.717, 1.165) is 48.3 Å². The van der Waals surface area contributed by atoms with Crippen LogP contribution in [-0.2, 0) is 11.2 Å². The van der Waals surface area contributed by atoms with Crippen molar-refractivity contribution in [2.24, 2.45) is 0 Å². The second-order valence-electron chi connectivity index (χ2n) is 6.78. The molecule has 1 atom stereocenters. The Labute approximate surface area is 153 Å². The van der Waals surface area contributed by atoms with Crippen molar-refractivity contribution in [3.05, 3.63) is 72.3 Å². The summed E-state index contributed by atoms with van der Waals surface area (Å²) in [5, 5.41) is 7.46. The summed E-state index contributed by atoms with van der Waals surface area (Å²) in [7, 11) is 0. The minimum Gasteiger partial charge on any atom is -0.342 e. The van der Waals surface area contributed by atoms with Crippen LogP contribution in [0.5, 0.6) is 0 Å². The average molecular weight is 346 g/mol. The maximum Gasteiger partial charge on any atom is 0.227 e. The fourth-order valence-electron chi connectivity index (χ4n) is 3.68. The second-order valence-corrected chi connectivity index (χ2v) is 6.78. The van der Waals surface area contributed by atoms with Crippen molar-refractivity contribution in [2.75, 3.05) is 13.1 Å². The molecule has 1 N–H and O–H groups in total. The summed E-state index contributed by atoms with van der Waals surface area (Å²) in [5.74, 6) is 0.461. The molecule has 1 saturated heterocycles. The highest BCUT2D eigenvalue weighted by atomic mass is 16.2. The van der Waals surface area contributed by atoms with Gasteiger partial charge in [0.15, 0.2) is 0 Å². The molecule has 2 aromatic heterocycles. The summed E-state index contributed by atoms with van der Waals surface area (Å²) in [5.41, 5.74) is 4.40. The Morgan fingerprint density at radius 3 is 2.85 bits per heavy atom. The van der Waals surface area contributed by atoms with Crippen LogP contribution in [0.4, 0.5) is 0 Å². The summed E-state index contributed by atoms with van der Waals surface area (Å²) >= 11 is 0. The van der Waals surface area contributed by atoms with Gasteiger partial charge < -0.3 is 4.90 Å². The van der Waals surface area contributed by atoms with Gasteiger partial charge in [-0.15, -0.1) is 0 Å². The Morgan fingerprint density at radius 1 is 1.15 bits per heavy atom. The first-order chi connectivity index (χ1) is 12.8. The number of nitrogens with zero attached hydrogens (tertiary/aromatic N) is 3. The van der Waals surface area contributed by atoms with Gasteiger partial charge in [0.2, 0.25) is 5.91 Å². The molecule has 1 aliphatic rings. The number of amides is 1. The Kier molecular flexibility index (Phi) is 4.78. The van der Waals surface area contributed by atoms with E-state index < -0.39 is 0 Å². The highest BCUT2D eigenvalue weighted by molar-refractivity contribution is 5.79. The van der Waals surface area contributed by atoms with Gasteiger partial charge in [-0.05, 0) is 30.0 Å². The van der Waals surface area contributed by atoms with Gasteiger partial charge in [-0.2, -0.15) is 5.10 Å². The number of hydrogen-bond acceptors (Lipinski definition) is 3. The lowest BCUT2D eigenvalue weighted by atomic mass is 9.90. The molecule has 5 heteroatoms. The first-order valence-electron chi connectivity index (χ1n) is 9.06. The third kappa shape index (κ3) is 3.52. The number of rotatable bonds is 4. The lowest BCUT2D eigenvalue weighted by Gasteiger charge is -2.33. The van der Waals surface area contributed by atoms with E-state index in [2.05, 4.69) is 27.3 Å². The van der Waals surface area contributed by atoms with E-state index in [9.17, 15) is 4.79 Å². The van der Waals surface area contributed by atoms with E-state index in [1.807, 2.05) is 41.4 Å². The topological polar surface area (TPSA) is 61.9 Å². The molecule has 1 unspecified atom stereocenters. The van der Waals surface area contributed by atoms with Gasteiger partial charge in [0.1, 0.15) is 0 Å². The zero-order valence-electron chi connectivity index (χ0n) is 14.6. The first-order valence-corrected chi connectivity index (χ1v) is 9.06. The number of carbonyl (C=O) groups excluding carboxylic acids is 1. The number of aromatic nitrogens is 3. The Morgan fingerprint density at radius 2 is 2.04 bits per heavy atom. The normalized spacial score (nSPS) is 17.2. The Bertz CT molecular complexity index is 860. The van der Waals surface area contributed by atoms with E-state index in [4.69, 9.17) is 0 Å². The van der Waals surface area contributed by atoms with Crippen molar-refractivity contribution in [2.45, 2.75) is 25.2 Å². The molecule has 1 aromatic carbocycles. The smallest absolute Gasteiger partial charge is 0.227 e. The van der Waals surface area contributed by atoms with Crippen LogP contribution in [-0.4, -0.2) is 39.1 Å². The molecule has 3 heterocycles. The zero-order chi connectivity index (χ0) is 17.8. The van der Waals surface area contributed by atoms with E-state index in [0.29, 0.717) is 12.3 Å². The van der Waals surface area contributed by atoms with Crippen molar-refractivity contribution in [3.63, 3.8) is 0 Å². The molecule has 1 amide bonds. The predicted octanol–water partition coefficient (Wildman–Crippen LogP) is 3.42. The van der Waals surface area contributed by atoms with Gasteiger partial charge in [0.25, 0.3) is 0 Å². The highest BCUT2D eigenvalue weighted by Crippen LogP contribution is 2.33. The summed E-state index contributed by atoms with van der Waals surface area (Å²) < 4.78 is 0. The molecule has 132 valence electrons. The van der Waals surface area contributed by atoms with Gasteiger partial charge >= 0.3 is 0 Å². The summed E-state index contributed by atoms with van der Waals surface area (Å²) in [4.78, 5) is 18.8. The summed E-state index contributed by atoms with van der Waals surface area (Å²) in [6, 6.07) is 14.1. The van der Waals surface area contributed by atoms with Crippen LogP contribution < -0.4 is 0 Å². The number of carbonyl (C=O) groups is 1. The number of nitrogens with one attached hydrogen (secondary N) is 1. The number of benzene rings is 1. The van der Waals surface area contributed by atoms with Crippen molar-refractivity contribution in [3.8, 4) is 11.1 Å². The van der Waals surface area contributed by atoms with Gasteiger partial charge in [0, 0.05) is 42.7 Å². The van der Waals surface area contributed by atoms with Crippen LogP contribution >= 0.6 is 0 Å². The van der Waals surface area contributed by atoms with Crippen molar-refractivity contribution in [1.82, 2.24) is 20.1 Å². The van der Waals surface area contributed by atoms with Crippen LogP contribution in [0.2, 0.25) is 0 Å². The number of hydrogen-bond donors (Lipinski definition) is 1. The quantitative estimate of drug-likeness (QED) is 0.787. The van der Waals surface area contributed by atoms with E-state index in [1.54, 1.807) is 12.4 Å². The molecule has 0 aliphatic carbocycles. The number of aromatic amines is 1. The number of H-pyrrole nitrogens is 1. The van der Waals surface area contributed by atoms with Crippen LogP contribution in [0, 0.1) is 0 Å². The third-order valence-corrected chi connectivity index (χ3v) is 5.01. The van der Waals surface area contributed by atoms with E-state index in [1.165, 1.54) is 0 Å². The fourth-order valence-corrected chi connectivity index (χ4v) is 3.68. The molecule has 4 rings (SSSR count). The van der Waals surface area contributed by atoms with Crippen molar-refractivity contribution in [1.29, 1.82) is 0 Å². The van der Waals surface area contributed by atoms with Crippen LogP contribution in [0.15, 0.2) is 61.1 Å². The number of likely N-dealkylation sites (tertiary alicyclic amines) is 1. The molecule has 1 fully saturated rings. The third-order valence-electron chi connectivity index (χ3n) is 5.01. The molecular weight excluding hydrogens is 324 g/mol. The average Bonchev–Trinajstić information content (AvgIpc) is 3.19. The molecular formula is C21H22N4O. The fraction of sp³-hybridized carbons (Fsp3) is 0.286. The lowest BCUT2D eigenvalue weighted by molar-refractivity contribution is -0.131. The van der Waals surface area contributed by atoms with E-state index in [-0.39, 0.29) is 5.91 Å². The van der Waals surface area contributed by atoms with Crippen LogP contribution in [0.1, 0.15) is 30.0 Å². The molecule has 0 spiro atoms. The molecule has 3 aromatic rings. The van der Waals surface area contributed by atoms with Gasteiger partial charge in [-0.25, -0.2) is 0 Å². The lowest BCUT2D eigenvalue weighted by Crippen LogP contribution is -2.40. The monoisotopic (exact) mass is 346 g/mol. The standard InChI is InChI=1S/C21H22N4O/c26-20(12-16-6-4-10-22-13-16)25-11-5-9-18(15-25)21-19(14-23-24-21)17-7-2-1-3-8-17/h1-4,6-8,10,13-14,18H,5,9,11-12,15H2,(H,23,24). The second kappa shape index (κ2) is 7.52. The number of piperidine rings is 1. The van der Waals surface area contributed by atoms with Gasteiger partial charge in [-0.3, -0.25) is 14.9 Å². The van der Waals surface area contributed by atoms with E-state index >= 15 is 0 Å². The molecule has 0 saturated carbocycles. The molecule has 5 nitrogen and oxygen atoms in total. The minimum atomic E-state index is 0.170. The van der Waals surface area contributed by atoms with Crippen LogP contribution in [0.25, 0.3) is 11.1 Å². The van der Waals surface area contributed by atoms with Gasteiger partial charge in [0.05, 0.1) is 12.6 Å². The summed E-state index contributed by atoms with van der Waals surface area (Å²) in [6.07, 6.45) is 7.88. The molecule has 1 aliphatic heterocycles. The summed E-state index contributed by atoms with van der Waals surface area (Å²) in [6.45, 7) is 1.56. The highest BCUT2D eigenvalue weighted by Gasteiger charge is 2.27. The minimum absolute atomic E-state index is 0.170. The van der Waals surface area contributed by atoms with Crippen LogP contribution in [0.3, 0.4) is 0 Å². The Balaban J connectivity index is 1.49. The predicted molar refractivity (Wildman–Crippen MR) is 101 cm³/mol. The van der Waals surface area contributed by atoms with Gasteiger partial charge in [-0.1, -0.05) is 36.4 Å². The molecule has 26 heavy (non-hydrogen) atoms. The van der Waals surface area contributed by atoms with Crippen molar-refractivity contribution < 1.29 is 4.79 Å². The Hall–Kier alpha value is -2.95. The molecule has 0 radical (unpaired) electrons. The maximum absolute atomic E-state index is 12.7. The maximum atomic E-state index is 12.7. The SMILES string of the molecule is O=C(Cc1cccnc1)N1CCCC(c2[nH]ncc2-c2ccccc2)C1. The molecule has 0 bridgehead atoms. The largest absolute Gasteiger partial charge is 0.342 e. The number of pyridine rings is 1. The first kappa shape index (κ1) is 16.5.